The van der Waals surface area contributed by atoms with Crippen LogP contribution in [0.5, 0.6) is 0 Å². The molecule has 40 heavy (non-hydrogen) atoms. The molecule has 0 saturated carbocycles. The molecule has 1 unspecified atom stereocenters. The van der Waals surface area contributed by atoms with E-state index in [1.165, 1.54) is 18.2 Å². The van der Waals surface area contributed by atoms with Gasteiger partial charge in [-0.05, 0) is 48.2 Å². The third-order valence-electron chi connectivity index (χ3n) is 7.96. The molecule has 6 rings (SSSR count). The van der Waals surface area contributed by atoms with Crippen LogP contribution in [0.4, 0.5) is 33.6 Å². The van der Waals surface area contributed by atoms with Crippen molar-refractivity contribution in [1.29, 1.82) is 0 Å². The molecule has 3 N–H and O–H groups in total. The number of hydrogen-bond acceptors (Lipinski definition) is 4. The lowest BCUT2D eigenvalue weighted by atomic mass is 9.62. The highest BCUT2D eigenvalue weighted by Crippen LogP contribution is 2.58. The summed E-state index contributed by atoms with van der Waals surface area (Å²) >= 11 is 6.03. The van der Waals surface area contributed by atoms with Gasteiger partial charge in [-0.3, -0.25) is 4.79 Å². The minimum Gasteiger partial charge on any atom is -0.342 e. The molecule has 12 heteroatoms. The molecular weight excluding hydrogens is 553 g/mol. The maximum atomic E-state index is 14.1. The summed E-state index contributed by atoms with van der Waals surface area (Å²) in [7, 11) is 0. The Morgan fingerprint density at radius 2 is 1.73 bits per heavy atom. The molecule has 3 aromatic carbocycles. The van der Waals surface area contributed by atoms with Crippen LogP contribution in [0.2, 0.25) is 5.02 Å². The highest BCUT2D eigenvalue weighted by Gasteiger charge is 2.62. The number of carbonyl (C=O) groups is 1. The van der Waals surface area contributed by atoms with E-state index in [1.807, 2.05) is 29.2 Å². The number of amides is 1. The Morgan fingerprint density at radius 3 is 2.35 bits per heavy atom. The van der Waals surface area contributed by atoms with Crippen molar-refractivity contribution in [3.8, 4) is 0 Å². The molecule has 208 valence electrons. The number of nitrogens with zero attached hydrogens (tertiary/aromatic N) is 3. The van der Waals surface area contributed by atoms with Crippen molar-refractivity contribution >= 4 is 40.2 Å². The Kier molecular flexibility index (Phi) is 6.26. The first-order chi connectivity index (χ1) is 19.0. The first kappa shape index (κ1) is 26.5. The van der Waals surface area contributed by atoms with Crippen molar-refractivity contribution in [1.82, 2.24) is 9.97 Å². The molecule has 3 heterocycles. The van der Waals surface area contributed by atoms with Crippen molar-refractivity contribution in [3.63, 3.8) is 0 Å². The smallest absolute Gasteiger partial charge is 0.342 e. The number of nitrogens with two attached hydrogens (primary N) is 1. The normalized spacial score (nSPS) is 19.0. The highest BCUT2D eigenvalue weighted by molar-refractivity contribution is 6.31. The number of aromatic nitrogens is 2. The molecule has 2 fully saturated rings. The molecule has 2 aliphatic heterocycles. The third-order valence-corrected chi connectivity index (χ3v) is 8.25. The first-order valence-electron chi connectivity index (χ1n) is 12.6. The average Bonchev–Trinajstić information content (AvgIpc) is 3.35. The lowest BCUT2D eigenvalue weighted by molar-refractivity contribution is -0.142. The van der Waals surface area contributed by atoms with Crippen LogP contribution in [-0.4, -0.2) is 29.0 Å². The van der Waals surface area contributed by atoms with Gasteiger partial charge in [0.05, 0.1) is 33.1 Å². The number of hydrogen-bond donors (Lipinski definition) is 2. The predicted octanol–water partition coefficient (Wildman–Crippen LogP) is 6.35. The fourth-order valence-electron chi connectivity index (χ4n) is 5.85. The number of imidazole rings is 1. The van der Waals surface area contributed by atoms with Gasteiger partial charge in [0.25, 0.3) is 0 Å². The molecule has 4 aromatic rings. The summed E-state index contributed by atoms with van der Waals surface area (Å²) in [6, 6.07) is 13.0. The summed E-state index contributed by atoms with van der Waals surface area (Å²) in [4.78, 5) is 24.4. The molecule has 2 aliphatic rings. The Balaban J connectivity index is 1.30. The van der Waals surface area contributed by atoms with E-state index in [-0.39, 0.29) is 28.0 Å². The lowest BCUT2D eigenvalue weighted by Gasteiger charge is -2.59. The first-order valence-corrected chi connectivity index (χ1v) is 13.0. The number of carbonyl (C=O) groups excluding carboxylic acids is 1. The number of benzene rings is 3. The Hall–Kier alpha value is -3.70. The maximum absolute atomic E-state index is 14.1. The molecule has 0 aliphatic carbocycles. The third kappa shape index (κ3) is 4.19. The van der Waals surface area contributed by atoms with Gasteiger partial charge in [-0.1, -0.05) is 35.9 Å². The molecule has 1 spiro atoms. The zero-order valence-electron chi connectivity index (χ0n) is 20.9. The van der Waals surface area contributed by atoms with Gasteiger partial charge in [-0.15, -0.1) is 0 Å². The Morgan fingerprint density at radius 1 is 1.02 bits per heavy atom. The fraction of sp³-hybridized carbons (Fsp3) is 0.286. The fourth-order valence-corrected chi connectivity index (χ4v) is 6.02. The van der Waals surface area contributed by atoms with Gasteiger partial charge in [-0.25, -0.2) is 13.8 Å². The van der Waals surface area contributed by atoms with Crippen LogP contribution in [-0.2, 0) is 17.5 Å². The van der Waals surface area contributed by atoms with E-state index < -0.39 is 28.8 Å². The van der Waals surface area contributed by atoms with Crippen LogP contribution in [0.1, 0.15) is 35.6 Å². The van der Waals surface area contributed by atoms with Crippen molar-refractivity contribution in [2.45, 2.75) is 31.6 Å². The zero-order chi connectivity index (χ0) is 28.4. The van der Waals surface area contributed by atoms with E-state index in [2.05, 4.69) is 9.97 Å². The number of β-lactam (4-membered cyclic amide) rings is 1. The van der Waals surface area contributed by atoms with E-state index in [4.69, 9.17) is 17.3 Å². The van der Waals surface area contributed by atoms with E-state index in [9.17, 15) is 26.7 Å². The van der Waals surface area contributed by atoms with Crippen LogP contribution in [0.3, 0.4) is 0 Å². The number of halogens is 6. The minimum atomic E-state index is -4.83. The maximum Gasteiger partial charge on any atom is 0.419 e. The number of nitrogens with one attached hydrogen (secondary N) is 1. The topological polar surface area (TPSA) is 78.2 Å². The van der Waals surface area contributed by atoms with Gasteiger partial charge < -0.3 is 20.5 Å². The summed E-state index contributed by atoms with van der Waals surface area (Å²) < 4.78 is 67.5. The molecule has 1 amide bonds. The van der Waals surface area contributed by atoms with Crippen molar-refractivity contribution in [2.24, 2.45) is 11.1 Å². The molecule has 0 bridgehead atoms. The zero-order valence-corrected chi connectivity index (χ0v) is 21.7. The second kappa shape index (κ2) is 9.45. The van der Waals surface area contributed by atoms with Crippen LogP contribution in [0.25, 0.3) is 11.0 Å². The van der Waals surface area contributed by atoms with E-state index in [0.717, 1.165) is 23.3 Å². The summed E-state index contributed by atoms with van der Waals surface area (Å²) in [5.74, 6) is -1.79. The monoisotopic (exact) mass is 575 g/mol. The standard InChI is InChI=1S/C28H23ClF5N5O/c29-19-11-17(5-6-20(19)30)39-24(16-3-1-15(14-35)2-4-16)27(25(39)40)7-9-38(10-8-27)26-36-22-12-18(28(32,33)34)21(31)13-23(22)37-26/h1-6,11-13,24H,7-10,14,35H2,(H,36,37). The number of fused-ring (bicyclic) bond motifs is 1. The van der Waals surface area contributed by atoms with Gasteiger partial charge in [0, 0.05) is 31.4 Å². The largest absolute Gasteiger partial charge is 0.419 e. The second-order valence-corrected chi connectivity index (χ2v) is 10.6. The van der Waals surface area contributed by atoms with E-state index >= 15 is 0 Å². The van der Waals surface area contributed by atoms with Crippen molar-refractivity contribution < 1.29 is 26.7 Å². The molecule has 0 radical (unpaired) electrons. The van der Waals surface area contributed by atoms with Gasteiger partial charge in [0.1, 0.15) is 11.6 Å². The number of alkyl halides is 3. The molecular formula is C28H23ClF5N5O. The summed E-state index contributed by atoms with van der Waals surface area (Å²) in [5, 5.41) is -0.0895. The lowest BCUT2D eigenvalue weighted by Crippen LogP contribution is -2.66. The van der Waals surface area contributed by atoms with Crippen LogP contribution < -0.4 is 15.5 Å². The molecule has 6 nitrogen and oxygen atoms in total. The van der Waals surface area contributed by atoms with Crippen LogP contribution >= 0.6 is 11.6 Å². The van der Waals surface area contributed by atoms with Crippen molar-refractivity contribution in [2.75, 3.05) is 22.9 Å². The Bertz CT molecular complexity index is 1610. The molecule has 2 saturated heterocycles. The number of rotatable bonds is 4. The number of piperidine rings is 1. The van der Waals surface area contributed by atoms with Gasteiger partial charge >= 0.3 is 6.18 Å². The predicted molar refractivity (Wildman–Crippen MR) is 141 cm³/mol. The van der Waals surface area contributed by atoms with Gasteiger partial charge in [0.15, 0.2) is 0 Å². The second-order valence-electron chi connectivity index (χ2n) is 10.2. The van der Waals surface area contributed by atoms with Crippen LogP contribution in [0.15, 0.2) is 54.6 Å². The number of H-pyrrole nitrogens is 1. The SMILES string of the molecule is NCc1ccc(C2N(c3ccc(F)c(Cl)c3)C(=O)C23CCN(c2nc4cc(F)c(C(F)(F)F)cc4[nH]2)CC3)cc1. The highest BCUT2D eigenvalue weighted by atomic mass is 35.5. The van der Waals surface area contributed by atoms with Gasteiger partial charge in [0.2, 0.25) is 11.9 Å². The number of anilines is 2. The van der Waals surface area contributed by atoms with Crippen molar-refractivity contribution in [3.05, 3.63) is 87.9 Å². The summed E-state index contributed by atoms with van der Waals surface area (Å²) in [6.45, 7) is 1.14. The minimum absolute atomic E-state index is 0.0703. The molecule has 1 atom stereocenters. The number of aromatic amines is 1. The van der Waals surface area contributed by atoms with Crippen LogP contribution in [0, 0.1) is 17.0 Å². The van der Waals surface area contributed by atoms with E-state index in [1.54, 1.807) is 4.90 Å². The summed E-state index contributed by atoms with van der Waals surface area (Å²) in [6.07, 6.45) is -3.97. The molecule has 1 aromatic heterocycles. The average molecular weight is 576 g/mol. The Labute approximate surface area is 230 Å². The van der Waals surface area contributed by atoms with Gasteiger partial charge in [-0.2, -0.15) is 13.2 Å². The quantitative estimate of drug-likeness (QED) is 0.220. The van der Waals surface area contributed by atoms with E-state index in [0.29, 0.717) is 44.1 Å². The summed E-state index contributed by atoms with van der Waals surface area (Å²) in [5.41, 5.74) is 6.10.